The first-order valence-corrected chi connectivity index (χ1v) is 6.66. The fraction of sp³-hybridized carbons (Fsp3) is 0.182. The molecule has 0 saturated heterocycles. The van der Waals surface area contributed by atoms with Crippen molar-refractivity contribution >= 4 is 16.0 Å². The van der Waals surface area contributed by atoms with Crippen LogP contribution in [-0.2, 0) is 10.2 Å². The Morgan fingerprint density at radius 3 is 2.39 bits per heavy atom. The minimum atomic E-state index is -3.68. The number of benzene rings is 1. The molecule has 0 unspecified atom stereocenters. The van der Waals surface area contributed by atoms with Crippen LogP contribution in [0.3, 0.4) is 0 Å². The summed E-state index contributed by atoms with van der Waals surface area (Å²) in [4.78, 5) is 0. The van der Waals surface area contributed by atoms with Crippen LogP contribution in [0.25, 0.3) is 11.3 Å². The lowest BCUT2D eigenvalue weighted by molar-refractivity contribution is 0.505. The highest BCUT2D eigenvalue weighted by atomic mass is 32.2. The summed E-state index contributed by atoms with van der Waals surface area (Å²) in [5.74, 6) is 0.0857. The van der Waals surface area contributed by atoms with Gasteiger partial charge in [0.15, 0.2) is 0 Å². The average Bonchev–Trinajstić information content (AvgIpc) is 2.73. The van der Waals surface area contributed by atoms with Gasteiger partial charge in [0.05, 0.1) is 5.69 Å². The summed E-state index contributed by atoms with van der Waals surface area (Å²) < 4.78 is 25.8. The second-order valence-corrected chi connectivity index (χ2v) is 5.93. The van der Waals surface area contributed by atoms with Gasteiger partial charge in [-0.05, 0) is 0 Å². The van der Waals surface area contributed by atoms with Crippen molar-refractivity contribution < 1.29 is 8.42 Å². The summed E-state index contributed by atoms with van der Waals surface area (Å²) >= 11 is 0. The Balaban J connectivity index is 2.53. The topological polar surface area (TPSA) is 81.2 Å². The molecule has 0 spiro atoms. The Morgan fingerprint density at radius 2 is 1.83 bits per heavy atom. The number of hydrogen-bond acceptors (Lipinski definition) is 4. The molecule has 96 valence electrons. The Morgan fingerprint density at radius 1 is 1.22 bits per heavy atom. The lowest BCUT2D eigenvalue weighted by atomic mass is 10.2. The first kappa shape index (κ1) is 12.6. The minimum absolute atomic E-state index is 0.0857. The number of rotatable bonds is 3. The van der Waals surface area contributed by atoms with Crippen LogP contribution < -0.4 is 5.73 Å². The minimum Gasteiger partial charge on any atom is -0.383 e. The van der Waals surface area contributed by atoms with E-state index in [0.717, 1.165) is 14.0 Å². The van der Waals surface area contributed by atoms with Crippen molar-refractivity contribution in [3.05, 3.63) is 36.4 Å². The van der Waals surface area contributed by atoms with Crippen molar-refractivity contribution in [2.24, 2.45) is 0 Å². The molecule has 0 bridgehead atoms. The van der Waals surface area contributed by atoms with Crippen molar-refractivity contribution in [2.75, 3.05) is 19.8 Å². The highest BCUT2D eigenvalue weighted by Gasteiger charge is 2.21. The highest BCUT2D eigenvalue weighted by Crippen LogP contribution is 2.21. The summed E-state index contributed by atoms with van der Waals surface area (Å²) in [6.07, 6.45) is 0. The van der Waals surface area contributed by atoms with Crippen LogP contribution in [0.15, 0.2) is 36.4 Å². The monoisotopic (exact) mass is 266 g/mol. The third-order valence-electron chi connectivity index (χ3n) is 2.45. The van der Waals surface area contributed by atoms with E-state index in [1.165, 1.54) is 20.2 Å². The maximum absolute atomic E-state index is 11.9. The van der Waals surface area contributed by atoms with E-state index in [-0.39, 0.29) is 5.82 Å². The molecule has 2 N–H and O–H groups in total. The zero-order valence-corrected chi connectivity index (χ0v) is 10.9. The Labute approximate surface area is 106 Å². The van der Waals surface area contributed by atoms with E-state index in [1.807, 2.05) is 30.3 Å². The zero-order chi connectivity index (χ0) is 13.3. The smallest absolute Gasteiger partial charge is 0.324 e. The molecular formula is C11H14N4O2S. The van der Waals surface area contributed by atoms with Gasteiger partial charge in [-0.1, -0.05) is 30.3 Å². The molecule has 0 atom stereocenters. The molecule has 2 rings (SSSR count). The number of anilines is 1. The maximum atomic E-state index is 11.9. The lowest BCUT2D eigenvalue weighted by Crippen LogP contribution is -2.30. The molecule has 0 radical (unpaired) electrons. The molecule has 0 amide bonds. The van der Waals surface area contributed by atoms with Crippen molar-refractivity contribution in [3.63, 3.8) is 0 Å². The van der Waals surface area contributed by atoms with Crippen LogP contribution >= 0.6 is 0 Å². The zero-order valence-electron chi connectivity index (χ0n) is 10.1. The Bertz CT molecular complexity index is 647. The molecule has 18 heavy (non-hydrogen) atoms. The van der Waals surface area contributed by atoms with Gasteiger partial charge >= 0.3 is 10.2 Å². The molecule has 0 fully saturated rings. The molecule has 1 aromatic heterocycles. The molecule has 7 heteroatoms. The molecule has 1 aromatic carbocycles. The van der Waals surface area contributed by atoms with Crippen molar-refractivity contribution in [1.82, 2.24) is 13.5 Å². The van der Waals surface area contributed by atoms with Gasteiger partial charge in [0.2, 0.25) is 0 Å². The van der Waals surface area contributed by atoms with E-state index in [0.29, 0.717) is 5.69 Å². The molecular weight excluding hydrogens is 252 g/mol. The first-order chi connectivity index (χ1) is 8.43. The lowest BCUT2D eigenvalue weighted by Gasteiger charge is -2.11. The summed E-state index contributed by atoms with van der Waals surface area (Å²) in [7, 11) is -0.822. The van der Waals surface area contributed by atoms with Gasteiger partial charge in [-0.15, -0.1) is 4.09 Å². The molecule has 0 aliphatic heterocycles. The largest absolute Gasteiger partial charge is 0.383 e. The summed E-state index contributed by atoms with van der Waals surface area (Å²) in [5.41, 5.74) is 7.04. The molecule has 1 heterocycles. The summed E-state index contributed by atoms with van der Waals surface area (Å²) in [6, 6.07) is 10.8. The van der Waals surface area contributed by atoms with E-state index < -0.39 is 10.2 Å². The molecule has 0 aliphatic rings. The van der Waals surface area contributed by atoms with Gasteiger partial charge in [0, 0.05) is 25.7 Å². The van der Waals surface area contributed by atoms with Crippen LogP contribution in [0.4, 0.5) is 5.82 Å². The van der Waals surface area contributed by atoms with Gasteiger partial charge in [0.25, 0.3) is 0 Å². The van der Waals surface area contributed by atoms with Crippen LogP contribution in [-0.4, -0.2) is 36.0 Å². The molecule has 0 saturated carbocycles. The van der Waals surface area contributed by atoms with E-state index in [4.69, 9.17) is 5.73 Å². The van der Waals surface area contributed by atoms with Gasteiger partial charge in [-0.3, -0.25) is 0 Å². The van der Waals surface area contributed by atoms with Crippen LogP contribution in [0, 0.1) is 0 Å². The predicted octanol–water partition coefficient (Wildman–Crippen LogP) is 0.787. The standard InChI is InChI=1S/C11H14N4O2S/c1-14(2)18(16,17)15-11(12)8-10(13-15)9-6-4-3-5-7-9/h3-8H,12H2,1-2H3. The Kier molecular flexibility index (Phi) is 3.10. The van der Waals surface area contributed by atoms with Crippen LogP contribution in [0.1, 0.15) is 0 Å². The predicted molar refractivity (Wildman–Crippen MR) is 70.1 cm³/mol. The highest BCUT2D eigenvalue weighted by molar-refractivity contribution is 7.87. The van der Waals surface area contributed by atoms with E-state index in [2.05, 4.69) is 5.10 Å². The number of aromatic nitrogens is 2. The van der Waals surface area contributed by atoms with Crippen molar-refractivity contribution in [1.29, 1.82) is 0 Å². The van der Waals surface area contributed by atoms with Gasteiger partial charge in [0.1, 0.15) is 5.82 Å². The fourth-order valence-corrected chi connectivity index (χ4v) is 2.29. The summed E-state index contributed by atoms with van der Waals surface area (Å²) in [6.45, 7) is 0. The molecule has 6 nitrogen and oxygen atoms in total. The van der Waals surface area contributed by atoms with E-state index >= 15 is 0 Å². The second kappa shape index (κ2) is 4.43. The average molecular weight is 266 g/mol. The first-order valence-electron chi connectivity index (χ1n) is 5.27. The van der Waals surface area contributed by atoms with E-state index in [9.17, 15) is 8.42 Å². The normalized spacial score (nSPS) is 11.9. The number of hydrogen-bond donors (Lipinski definition) is 1. The van der Waals surface area contributed by atoms with Gasteiger partial charge in [-0.25, -0.2) is 0 Å². The van der Waals surface area contributed by atoms with Gasteiger partial charge < -0.3 is 5.73 Å². The quantitative estimate of drug-likeness (QED) is 0.890. The Hall–Kier alpha value is -1.86. The molecule has 0 aliphatic carbocycles. The van der Waals surface area contributed by atoms with Gasteiger partial charge in [-0.2, -0.15) is 17.8 Å². The summed E-state index contributed by atoms with van der Waals surface area (Å²) in [5, 5.41) is 4.04. The van der Waals surface area contributed by atoms with Crippen molar-refractivity contribution in [2.45, 2.75) is 0 Å². The fourth-order valence-electron chi connectivity index (χ4n) is 1.47. The van der Waals surface area contributed by atoms with E-state index in [1.54, 1.807) is 0 Å². The second-order valence-electron chi connectivity index (χ2n) is 3.95. The maximum Gasteiger partial charge on any atom is 0.324 e. The third-order valence-corrected chi connectivity index (χ3v) is 4.11. The number of nitrogen functional groups attached to an aromatic ring is 1. The van der Waals surface area contributed by atoms with Crippen LogP contribution in [0.5, 0.6) is 0 Å². The number of nitrogens with zero attached hydrogens (tertiary/aromatic N) is 3. The van der Waals surface area contributed by atoms with Crippen molar-refractivity contribution in [3.8, 4) is 11.3 Å². The molecule has 2 aromatic rings. The third kappa shape index (κ3) is 2.09. The van der Waals surface area contributed by atoms with Crippen LogP contribution in [0.2, 0.25) is 0 Å². The number of nitrogens with two attached hydrogens (primary N) is 1. The SMILES string of the molecule is CN(C)S(=O)(=O)n1nc(-c2ccccc2)cc1N.